The Hall–Kier alpha value is -2.41. The number of nitrogens with zero attached hydrogens (tertiary/aromatic N) is 1. The average Bonchev–Trinajstić information content (AvgIpc) is 2.58. The summed E-state index contributed by atoms with van der Waals surface area (Å²) in [7, 11) is 0. The molecule has 28 heavy (non-hydrogen) atoms. The van der Waals surface area contributed by atoms with Crippen molar-refractivity contribution >= 4 is 34.2 Å². The summed E-state index contributed by atoms with van der Waals surface area (Å²) in [6.07, 6.45) is -5.72. The Morgan fingerprint density at radius 2 is 2.00 bits per heavy atom. The molecule has 0 unspecified atom stereocenters. The topological polar surface area (TPSA) is 70.4 Å². The first-order valence-corrected chi connectivity index (χ1v) is 8.59. The van der Waals surface area contributed by atoms with Crippen LogP contribution in [-0.4, -0.2) is 17.3 Å². The smallest absolute Gasteiger partial charge is 0.340 e. The van der Waals surface area contributed by atoms with Gasteiger partial charge in [-0.05, 0) is 46.9 Å². The molecule has 0 radical (unpaired) electrons. The largest absolute Gasteiger partial charge is 0.418 e. The van der Waals surface area contributed by atoms with E-state index in [0.717, 1.165) is 24.3 Å². The normalized spacial score (nSPS) is 16.5. The highest BCUT2D eigenvalue weighted by Crippen LogP contribution is 2.36. The van der Waals surface area contributed by atoms with Crippen LogP contribution in [0.3, 0.4) is 0 Å². The number of nitrogens with one attached hydrogen (secondary N) is 2. The SMILES string of the molecule is C=C/C(C(=O)Nc1ccc(I)cc1C(F)(F)F)=C1/NC(=C)C=C(C(F)F)N1N. The van der Waals surface area contributed by atoms with Crippen molar-refractivity contribution in [3.8, 4) is 0 Å². The predicted octanol–water partition coefficient (Wildman–Crippen LogP) is 4.09. The van der Waals surface area contributed by atoms with E-state index in [0.29, 0.717) is 8.58 Å². The van der Waals surface area contributed by atoms with E-state index in [9.17, 15) is 26.7 Å². The number of anilines is 1. The molecule has 0 saturated carbocycles. The van der Waals surface area contributed by atoms with Crippen molar-refractivity contribution < 1.29 is 26.7 Å². The van der Waals surface area contributed by atoms with Crippen LogP contribution in [0.2, 0.25) is 0 Å². The van der Waals surface area contributed by atoms with Crippen molar-refractivity contribution in [3.05, 3.63) is 75.4 Å². The Morgan fingerprint density at radius 3 is 2.54 bits per heavy atom. The molecular formula is C17H14F5IN4O. The van der Waals surface area contributed by atoms with E-state index in [1.165, 1.54) is 6.07 Å². The van der Waals surface area contributed by atoms with E-state index >= 15 is 0 Å². The minimum absolute atomic E-state index is 0.0180. The number of nitrogens with two attached hydrogens (primary N) is 1. The number of hydrogen-bond acceptors (Lipinski definition) is 4. The second kappa shape index (κ2) is 8.31. The van der Waals surface area contributed by atoms with Crippen LogP contribution in [0.4, 0.5) is 27.6 Å². The molecule has 1 aromatic carbocycles. The van der Waals surface area contributed by atoms with Gasteiger partial charge in [0.1, 0.15) is 11.5 Å². The number of carbonyl (C=O) groups is 1. The third kappa shape index (κ3) is 4.70. The molecule has 0 atom stereocenters. The Bertz CT molecular complexity index is 892. The van der Waals surface area contributed by atoms with Crippen LogP contribution in [0.1, 0.15) is 5.56 Å². The standard InChI is InChI=1S/C17H14F5IN4O/c1-3-10(15-25-8(2)6-13(14(18)19)27(15)24)16(28)26-12-5-4-9(23)7-11(12)17(20,21)22/h3-7,14,25H,1-2,24H2,(H,26,28)/b15-10+. The van der Waals surface area contributed by atoms with Gasteiger partial charge in [0, 0.05) is 9.27 Å². The molecule has 1 aliphatic heterocycles. The summed E-state index contributed by atoms with van der Waals surface area (Å²) < 4.78 is 66.3. The van der Waals surface area contributed by atoms with Gasteiger partial charge in [0.25, 0.3) is 12.3 Å². The fraction of sp³-hybridized carbons (Fsp3) is 0.118. The lowest BCUT2D eigenvalue weighted by atomic mass is 10.1. The lowest BCUT2D eigenvalue weighted by molar-refractivity contribution is -0.137. The summed E-state index contributed by atoms with van der Waals surface area (Å²) in [5.41, 5.74) is -2.53. The number of allylic oxidation sites excluding steroid dienone is 2. The van der Waals surface area contributed by atoms with E-state index in [1.54, 1.807) is 22.6 Å². The highest BCUT2D eigenvalue weighted by Gasteiger charge is 2.35. The maximum Gasteiger partial charge on any atom is 0.418 e. The summed E-state index contributed by atoms with van der Waals surface area (Å²) in [5.74, 6) is 4.31. The van der Waals surface area contributed by atoms with Gasteiger partial charge >= 0.3 is 6.18 Å². The molecular weight excluding hydrogens is 498 g/mol. The molecule has 4 N–H and O–H groups in total. The molecule has 1 aliphatic rings. The molecule has 2 rings (SSSR count). The molecule has 1 amide bonds. The molecule has 0 aliphatic carbocycles. The summed E-state index contributed by atoms with van der Waals surface area (Å²) >= 11 is 1.71. The summed E-state index contributed by atoms with van der Waals surface area (Å²) in [6, 6.07) is 3.33. The predicted molar refractivity (Wildman–Crippen MR) is 102 cm³/mol. The highest BCUT2D eigenvalue weighted by atomic mass is 127. The first-order valence-electron chi connectivity index (χ1n) is 7.51. The Kier molecular flexibility index (Phi) is 6.49. The number of hydrogen-bond donors (Lipinski definition) is 3. The lowest BCUT2D eigenvalue weighted by Gasteiger charge is -2.31. The number of amides is 1. The minimum Gasteiger partial charge on any atom is -0.340 e. The molecule has 0 bridgehead atoms. The zero-order chi connectivity index (χ0) is 21.2. The first kappa shape index (κ1) is 21.9. The van der Waals surface area contributed by atoms with Gasteiger partial charge in [0.2, 0.25) is 0 Å². The lowest BCUT2D eigenvalue weighted by Crippen LogP contribution is -2.43. The quantitative estimate of drug-likeness (QED) is 0.246. The fourth-order valence-corrected chi connectivity index (χ4v) is 2.83. The van der Waals surface area contributed by atoms with Crippen molar-refractivity contribution in [2.24, 2.45) is 5.84 Å². The van der Waals surface area contributed by atoms with Gasteiger partial charge in [-0.15, -0.1) is 0 Å². The second-order valence-electron chi connectivity index (χ2n) is 5.50. The van der Waals surface area contributed by atoms with Crippen molar-refractivity contribution in [2.45, 2.75) is 12.6 Å². The van der Waals surface area contributed by atoms with Gasteiger partial charge in [0.15, 0.2) is 0 Å². The molecule has 5 nitrogen and oxygen atoms in total. The molecule has 1 heterocycles. The van der Waals surface area contributed by atoms with Crippen LogP contribution in [0.25, 0.3) is 0 Å². The van der Waals surface area contributed by atoms with E-state index in [4.69, 9.17) is 5.84 Å². The Labute approximate surface area is 170 Å². The van der Waals surface area contributed by atoms with Crippen LogP contribution < -0.4 is 16.5 Å². The number of halogens is 6. The molecule has 0 fully saturated rings. The number of rotatable bonds is 4. The fourth-order valence-electron chi connectivity index (χ4n) is 2.34. The van der Waals surface area contributed by atoms with E-state index in [-0.39, 0.29) is 17.1 Å². The monoisotopic (exact) mass is 512 g/mol. The van der Waals surface area contributed by atoms with E-state index < -0.39 is 35.5 Å². The van der Waals surface area contributed by atoms with Crippen molar-refractivity contribution in [1.82, 2.24) is 10.3 Å². The third-order valence-corrected chi connectivity index (χ3v) is 4.25. The van der Waals surface area contributed by atoms with Gasteiger partial charge in [-0.1, -0.05) is 19.2 Å². The number of benzene rings is 1. The van der Waals surface area contributed by atoms with Crippen molar-refractivity contribution in [2.75, 3.05) is 5.32 Å². The van der Waals surface area contributed by atoms with Crippen molar-refractivity contribution in [1.29, 1.82) is 0 Å². The summed E-state index contributed by atoms with van der Waals surface area (Å²) in [6.45, 7) is 6.91. The van der Waals surface area contributed by atoms with Gasteiger partial charge in [-0.3, -0.25) is 9.80 Å². The molecule has 0 spiro atoms. The van der Waals surface area contributed by atoms with E-state index in [2.05, 4.69) is 23.8 Å². The van der Waals surface area contributed by atoms with Gasteiger partial charge in [0.05, 0.1) is 16.8 Å². The molecule has 150 valence electrons. The second-order valence-corrected chi connectivity index (χ2v) is 6.74. The van der Waals surface area contributed by atoms with Crippen LogP contribution in [0, 0.1) is 3.57 Å². The van der Waals surface area contributed by atoms with Crippen LogP contribution in [-0.2, 0) is 11.0 Å². The Balaban J connectivity index is 2.46. The highest BCUT2D eigenvalue weighted by molar-refractivity contribution is 14.1. The van der Waals surface area contributed by atoms with Crippen molar-refractivity contribution in [3.63, 3.8) is 0 Å². The maximum atomic E-state index is 13.2. The average molecular weight is 512 g/mol. The zero-order valence-electron chi connectivity index (χ0n) is 14.1. The molecule has 1 aromatic rings. The molecule has 11 heteroatoms. The van der Waals surface area contributed by atoms with Crippen LogP contribution in [0.15, 0.2) is 66.3 Å². The maximum absolute atomic E-state index is 13.2. The number of hydrazine groups is 1. The van der Waals surface area contributed by atoms with Gasteiger partial charge < -0.3 is 10.6 Å². The molecule has 0 saturated heterocycles. The number of carbonyl (C=O) groups excluding carboxylic acids is 1. The first-order chi connectivity index (χ1) is 13.0. The summed E-state index contributed by atoms with van der Waals surface area (Å²) in [5, 5.41) is 5.19. The third-order valence-electron chi connectivity index (χ3n) is 3.58. The Morgan fingerprint density at radius 1 is 1.36 bits per heavy atom. The van der Waals surface area contributed by atoms with Crippen LogP contribution >= 0.6 is 22.6 Å². The van der Waals surface area contributed by atoms with Crippen LogP contribution in [0.5, 0.6) is 0 Å². The molecule has 0 aromatic heterocycles. The number of alkyl halides is 5. The van der Waals surface area contributed by atoms with E-state index in [1.807, 2.05) is 0 Å². The minimum atomic E-state index is -4.71. The van der Waals surface area contributed by atoms with Gasteiger partial charge in [-0.25, -0.2) is 14.6 Å². The zero-order valence-corrected chi connectivity index (χ0v) is 16.2. The summed E-state index contributed by atoms with van der Waals surface area (Å²) in [4.78, 5) is 12.6. The van der Waals surface area contributed by atoms with Gasteiger partial charge in [-0.2, -0.15) is 13.2 Å².